The molecule has 29 heavy (non-hydrogen) atoms. The molecule has 3 rings (SSSR count). The van der Waals surface area contributed by atoms with Crippen LogP contribution in [0.3, 0.4) is 0 Å². The Balaban J connectivity index is 1.51. The van der Waals surface area contributed by atoms with Gasteiger partial charge in [0.05, 0.1) is 22.6 Å². The number of hydrogen-bond acceptors (Lipinski definition) is 6. The summed E-state index contributed by atoms with van der Waals surface area (Å²) < 4.78 is 1.89. The van der Waals surface area contributed by atoms with Crippen molar-refractivity contribution in [1.29, 1.82) is 0 Å². The Morgan fingerprint density at radius 3 is 2.45 bits per heavy atom. The number of imidazole rings is 1. The van der Waals surface area contributed by atoms with Crippen molar-refractivity contribution in [3.63, 3.8) is 0 Å². The molecule has 2 N–H and O–H groups in total. The number of benzene rings is 2. The summed E-state index contributed by atoms with van der Waals surface area (Å²) in [6.45, 7) is 0. The van der Waals surface area contributed by atoms with Crippen LogP contribution in [0.4, 0.5) is 5.69 Å². The summed E-state index contributed by atoms with van der Waals surface area (Å²) in [6, 6.07) is 14.8. The summed E-state index contributed by atoms with van der Waals surface area (Å²) in [4.78, 5) is 38.4. The van der Waals surface area contributed by atoms with Crippen molar-refractivity contribution in [2.24, 2.45) is 7.05 Å². The SMILES string of the molecule is Cn1c(-c2ccccc2)cnc1SCC(=O)NNC(=O)c1ccc([N+](=O)[O-])cc1. The van der Waals surface area contributed by atoms with Crippen LogP contribution in [-0.4, -0.2) is 32.0 Å². The number of amides is 2. The van der Waals surface area contributed by atoms with Gasteiger partial charge in [-0.05, 0) is 17.7 Å². The molecule has 1 aromatic heterocycles. The van der Waals surface area contributed by atoms with Crippen molar-refractivity contribution in [1.82, 2.24) is 20.4 Å². The predicted octanol–water partition coefficient (Wildman–Crippen LogP) is 2.55. The van der Waals surface area contributed by atoms with Gasteiger partial charge in [-0.1, -0.05) is 42.1 Å². The molecule has 0 atom stereocenters. The van der Waals surface area contributed by atoms with E-state index in [1.807, 2.05) is 41.9 Å². The number of nitro groups is 1. The van der Waals surface area contributed by atoms with Gasteiger partial charge in [0.2, 0.25) is 5.91 Å². The molecule has 9 nitrogen and oxygen atoms in total. The molecule has 148 valence electrons. The number of carbonyl (C=O) groups excluding carboxylic acids is 2. The lowest BCUT2D eigenvalue weighted by molar-refractivity contribution is -0.384. The fraction of sp³-hybridized carbons (Fsp3) is 0.105. The highest BCUT2D eigenvalue weighted by atomic mass is 32.2. The minimum Gasteiger partial charge on any atom is -0.322 e. The van der Waals surface area contributed by atoms with Crippen LogP contribution in [0.2, 0.25) is 0 Å². The first-order chi connectivity index (χ1) is 14.0. The van der Waals surface area contributed by atoms with Crippen LogP contribution in [0.25, 0.3) is 11.3 Å². The number of aromatic nitrogens is 2. The zero-order valence-corrected chi connectivity index (χ0v) is 16.2. The Kier molecular flexibility index (Phi) is 6.25. The van der Waals surface area contributed by atoms with Crippen LogP contribution >= 0.6 is 11.8 Å². The van der Waals surface area contributed by atoms with E-state index >= 15 is 0 Å². The van der Waals surface area contributed by atoms with Crippen molar-refractivity contribution in [2.45, 2.75) is 5.16 Å². The third kappa shape index (κ3) is 4.99. The van der Waals surface area contributed by atoms with E-state index in [9.17, 15) is 19.7 Å². The number of nitrogens with one attached hydrogen (secondary N) is 2. The number of nitro benzene ring substituents is 1. The van der Waals surface area contributed by atoms with Gasteiger partial charge in [0.1, 0.15) is 0 Å². The van der Waals surface area contributed by atoms with Crippen molar-refractivity contribution in [3.05, 3.63) is 76.5 Å². The first-order valence-corrected chi connectivity index (χ1v) is 9.48. The quantitative estimate of drug-likeness (QED) is 0.365. The number of non-ortho nitro benzene ring substituents is 1. The minimum atomic E-state index is -0.568. The van der Waals surface area contributed by atoms with Crippen LogP contribution in [0.15, 0.2) is 66.0 Å². The number of nitrogens with zero attached hydrogens (tertiary/aromatic N) is 3. The first-order valence-electron chi connectivity index (χ1n) is 8.49. The lowest BCUT2D eigenvalue weighted by atomic mass is 10.2. The molecule has 0 radical (unpaired) electrons. The van der Waals surface area contributed by atoms with Crippen molar-refractivity contribution in [3.8, 4) is 11.3 Å². The molecule has 0 bridgehead atoms. The second-order valence-electron chi connectivity index (χ2n) is 5.95. The summed E-state index contributed by atoms with van der Waals surface area (Å²) in [5.74, 6) is -0.921. The molecule has 1 heterocycles. The standard InChI is InChI=1S/C19H17N5O4S/c1-23-16(13-5-3-2-4-6-13)11-20-19(23)29-12-17(25)21-22-18(26)14-7-9-15(10-8-14)24(27)28/h2-11H,12H2,1H3,(H,21,25)(H,22,26). The van der Waals surface area contributed by atoms with E-state index in [1.54, 1.807) is 6.20 Å². The molecular formula is C19H17N5O4S. The Hall–Kier alpha value is -3.66. The Labute approximate surface area is 170 Å². The highest BCUT2D eigenvalue weighted by molar-refractivity contribution is 7.99. The largest absolute Gasteiger partial charge is 0.322 e. The summed E-state index contributed by atoms with van der Waals surface area (Å²) in [5, 5.41) is 11.3. The third-order valence-corrected chi connectivity index (χ3v) is 5.05. The summed E-state index contributed by atoms with van der Waals surface area (Å²) >= 11 is 1.24. The van der Waals surface area contributed by atoms with Gasteiger partial charge in [0.15, 0.2) is 5.16 Å². The topological polar surface area (TPSA) is 119 Å². The van der Waals surface area contributed by atoms with E-state index in [4.69, 9.17) is 0 Å². The molecule has 0 saturated heterocycles. The average Bonchev–Trinajstić information content (AvgIpc) is 3.11. The molecule has 0 fully saturated rings. The lowest BCUT2D eigenvalue weighted by Gasteiger charge is -2.08. The molecule has 2 aromatic carbocycles. The highest BCUT2D eigenvalue weighted by Gasteiger charge is 2.13. The van der Waals surface area contributed by atoms with Crippen molar-refractivity contribution in [2.75, 3.05) is 5.75 Å². The van der Waals surface area contributed by atoms with Crippen molar-refractivity contribution >= 4 is 29.3 Å². The molecule has 3 aromatic rings. The molecule has 0 aliphatic carbocycles. The van der Waals surface area contributed by atoms with E-state index < -0.39 is 16.7 Å². The monoisotopic (exact) mass is 411 g/mol. The van der Waals surface area contributed by atoms with Crippen LogP contribution in [0.5, 0.6) is 0 Å². The second-order valence-corrected chi connectivity index (χ2v) is 6.89. The minimum absolute atomic E-state index is 0.0552. The molecule has 0 aliphatic rings. The van der Waals surface area contributed by atoms with Crippen LogP contribution in [0.1, 0.15) is 10.4 Å². The van der Waals surface area contributed by atoms with E-state index in [0.29, 0.717) is 5.16 Å². The van der Waals surface area contributed by atoms with Gasteiger partial charge < -0.3 is 4.57 Å². The van der Waals surface area contributed by atoms with Crippen molar-refractivity contribution < 1.29 is 14.5 Å². The van der Waals surface area contributed by atoms with E-state index in [2.05, 4.69) is 15.8 Å². The Morgan fingerprint density at radius 1 is 1.10 bits per heavy atom. The van der Waals surface area contributed by atoms with Crippen LogP contribution < -0.4 is 10.9 Å². The molecule has 0 spiro atoms. The van der Waals surface area contributed by atoms with E-state index in [1.165, 1.54) is 36.0 Å². The predicted molar refractivity (Wildman–Crippen MR) is 108 cm³/mol. The zero-order valence-electron chi connectivity index (χ0n) is 15.4. The normalized spacial score (nSPS) is 10.4. The van der Waals surface area contributed by atoms with Gasteiger partial charge >= 0.3 is 0 Å². The number of rotatable bonds is 6. The van der Waals surface area contributed by atoms with Gasteiger partial charge in [0, 0.05) is 24.7 Å². The smallest absolute Gasteiger partial charge is 0.269 e. The number of carbonyl (C=O) groups is 2. The molecule has 0 unspecified atom stereocenters. The maximum Gasteiger partial charge on any atom is 0.269 e. The molecule has 0 aliphatic heterocycles. The average molecular weight is 411 g/mol. The second kappa shape index (κ2) is 9.02. The Morgan fingerprint density at radius 2 is 1.79 bits per heavy atom. The maximum absolute atomic E-state index is 12.0. The summed E-state index contributed by atoms with van der Waals surface area (Å²) in [6.07, 6.45) is 1.74. The maximum atomic E-state index is 12.0. The first kappa shape index (κ1) is 20.1. The molecule has 10 heteroatoms. The number of thioether (sulfide) groups is 1. The summed E-state index contributed by atoms with van der Waals surface area (Å²) in [7, 11) is 1.87. The summed E-state index contributed by atoms with van der Waals surface area (Å²) in [5.41, 5.74) is 6.63. The zero-order chi connectivity index (χ0) is 20.8. The van der Waals surface area contributed by atoms with E-state index in [0.717, 1.165) is 11.3 Å². The highest BCUT2D eigenvalue weighted by Crippen LogP contribution is 2.24. The van der Waals surface area contributed by atoms with Gasteiger partial charge in [-0.25, -0.2) is 4.98 Å². The number of hydrazine groups is 1. The molecule has 0 saturated carbocycles. The van der Waals surface area contributed by atoms with Gasteiger partial charge in [-0.2, -0.15) is 0 Å². The van der Waals surface area contributed by atoms with Gasteiger partial charge in [-0.15, -0.1) is 0 Å². The fourth-order valence-electron chi connectivity index (χ4n) is 2.50. The van der Waals surface area contributed by atoms with Gasteiger partial charge in [-0.3, -0.25) is 30.6 Å². The molecule has 2 amide bonds. The Bertz CT molecular complexity index is 1030. The fourth-order valence-corrected chi connectivity index (χ4v) is 3.25. The number of hydrogen-bond donors (Lipinski definition) is 2. The lowest BCUT2D eigenvalue weighted by Crippen LogP contribution is -2.42. The third-order valence-electron chi connectivity index (χ3n) is 4.00. The molecular weight excluding hydrogens is 394 g/mol. The van der Waals surface area contributed by atoms with Crippen LogP contribution in [-0.2, 0) is 11.8 Å². The van der Waals surface area contributed by atoms with E-state index in [-0.39, 0.29) is 17.0 Å². The van der Waals surface area contributed by atoms with Gasteiger partial charge in [0.25, 0.3) is 11.6 Å². The van der Waals surface area contributed by atoms with Crippen LogP contribution in [0, 0.1) is 10.1 Å².